The van der Waals surface area contributed by atoms with Gasteiger partial charge in [0.2, 0.25) is 5.88 Å². The molecule has 0 saturated heterocycles. The quantitative estimate of drug-likeness (QED) is 0.823. The van der Waals surface area contributed by atoms with Crippen molar-refractivity contribution in [3.8, 4) is 5.88 Å². The van der Waals surface area contributed by atoms with Crippen molar-refractivity contribution in [2.24, 2.45) is 0 Å². The molecule has 1 atom stereocenters. The summed E-state index contributed by atoms with van der Waals surface area (Å²) in [4.78, 5) is 4.27. The minimum atomic E-state index is -0.0811. The molecule has 2 rings (SSSR count). The van der Waals surface area contributed by atoms with Gasteiger partial charge in [-0.05, 0) is 29.0 Å². The number of hydrogen-bond acceptors (Lipinski definition) is 5. The van der Waals surface area contributed by atoms with Crippen molar-refractivity contribution < 1.29 is 9.47 Å². The normalized spacial score (nSPS) is 12.4. The molecule has 0 aliphatic carbocycles. The average molecular weight is 355 g/mol. The Morgan fingerprint density at radius 1 is 1.43 bits per heavy atom. The lowest BCUT2D eigenvalue weighted by Crippen LogP contribution is -2.23. The molecule has 0 aliphatic rings. The largest absolute Gasteiger partial charge is 0.481 e. The van der Waals surface area contributed by atoms with Crippen LogP contribution in [0.1, 0.15) is 17.3 Å². The van der Waals surface area contributed by atoms with E-state index in [0.29, 0.717) is 19.0 Å². The first kappa shape index (κ1) is 15.9. The van der Waals surface area contributed by atoms with Crippen LogP contribution in [0, 0.1) is 0 Å². The van der Waals surface area contributed by atoms with Crippen molar-refractivity contribution in [2.75, 3.05) is 27.9 Å². The first-order chi connectivity index (χ1) is 10.2. The summed E-state index contributed by atoms with van der Waals surface area (Å²) >= 11 is 3.57. The summed E-state index contributed by atoms with van der Waals surface area (Å²) in [6.07, 6.45) is 3.50. The van der Waals surface area contributed by atoms with E-state index in [-0.39, 0.29) is 6.04 Å². The lowest BCUT2D eigenvalue weighted by Gasteiger charge is -2.20. The molecular formula is C14H19BrN4O2. The highest BCUT2D eigenvalue weighted by atomic mass is 79.9. The SMILES string of the molecule is CNC(c1cccnc1OC)c1c(Br)cnn1CCOC. The van der Waals surface area contributed by atoms with Gasteiger partial charge in [0.1, 0.15) is 0 Å². The standard InChI is InChI=1S/C14H19BrN4O2/c1-16-12(10-5-4-6-17-14(10)21-3)13-11(15)9-18-19(13)7-8-20-2/h4-6,9,12,16H,7-8H2,1-3H3. The maximum atomic E-state index is 5.37. The molecule has 0 aliphatic heterocycles. The second-order valence-electron chi connectivity index (χ2n) is 4.42. The van der Waals surface area contributed by atoms with E-state index in [9.17, 15) is 0 Å². The average Bonchev–Trinajstić information content (AvgIpc) is 2.88. The number of ether oxygens (including phenoxy) is 2. The zero-order valence-corrected chi connectivity index (χ0v) is 13.9. The number of rotatable bonds is 7. The van der Waals surface area contributed by atoms with E-state index in [0.717, 1.165) is 15.7 Å². The Kier molecular flexibility index (Phi) is 5.72. The smallest absolute Gasteiger partial charge is 0.218 e. The van der Waals surface area contributed by atoms with E-state index < -0.39 is 0 Å². The lowest BCUT2D eigenvalue weighted by atomic mass is 10.1. The number of aromatic nitrogens is 3. The van der Waals surface area contributed by atoms with Gasteiger partial charge in [-0.25, -0.2) is 4.98 Å². The van der Waals surface area contributed by atoms with Gasteiger partial charge in [0.25, 0.3) is 0 Å². The van der Waals surface area contributed by atoms with Crippen LogP contribution < -0.4 is 10.1 Å². The summed E-state index contributed by atoms with van der Waals surface area (Å²) in [5.41, 5.74) is 1.98. The topological polar surface area (TPSA) is 61.2 Å². The first-order valence-corrected chi connectivity index (χ1v) is 7.38. The highest BCUT2D eigenvalue weighted by Crippen LogP contribution is 2.32. The van der Waals surface area contributed by atoms with Gasteiger partial charge in [0.05, 0.1) is 42.7 Å². The van der Waals surface area contributed by atoms with Crippen molar-refractivity contribution in [3.63, 3.8) is 0 Å². The Morgan fingerprint density at radius 3 is 2.90 bits per heavy atom. The molecular weight excluding hydrogens is 336 g/mol. The van der Waals surface area contributed by atoms with Crippen LogP contribution in [0.15, 0.2) is 29.0 Å². The van der Waals surface area contributed by atoms with Crippen LogP contribution in [0.5, 0.6) is 5.88 Å². The summed E-state index contributed by atoms with van der Waals surface area (Å²) in [6, 6.07) is 3.81. The Labute approximate surface area is 132 Å². The zero-order valence-electron chi connectivity index (χ0n) is 12.3. The zero-order chi connectivity index (χ0) is 15.2. The molecule has 0 spiro atoms. The van der Waals surface area contributed by atoms with Crippen molar-refractivity contribution >= 4 is 15.9 Å². The van der Waals surface area contributed by atoms with Crippen LogP contribution in [0.4, 0.5) is 0 Å². The summed E-state index contributed by atoms with van der Waals surface area (Å²) in [5.74, 6) is 0.600. The molecule has 1 unspecified atom stereocenters. The highest BCUT2D eigenvalue weighted by Gasteiger charge is 2.23. The number of nitrogens with one attached hydrogen (secondary N) is 1. The molecule has 7 heteroatoms. The fraction of sp³-hybridized carbons (Fsp3) is 0.429. The second kappa shape index (κ2) is 7.53. The Morgan fingerprint density at radius 2 is 2.24 bits per heavy atom. The Balaban J connectivity index is 2.44. The van der Waals surface area contributed by atoms with Gasteiger partial charge in [-0.2, -0.15) is 5.10 Å². The van der Waals surface area contributed by atoms with E-state index >= 15 is 0 Å². The summed E-state index contributed by atoms with van der Waals surface area (Å²) < 4.78 is 13.4. The molecule has 2 aromatic heterocycles. The number of halogens is 1. The fourth-order valence-corrected chi connectivity index (χ4v) is 2.77. The number of pyridine rings is 1. The van der Waals surface area contributed by atoms with E-state index in [1.807, 2.05) is 23.9 Å². The molecule has 6 nitrogen and oxygen atoms in total. The van der Waals surface area contributed by atoms with Crippen molar-refractivity contribution in [2.45, 2.75) is 12.6 Å². The van der Waals surface area contributed by atoms with E-state index in [1.165, 1.54) is 0 Å². The molecule has 114 valence electrons. The monoisotopic (exact) mass is 354 g/mol. The van der Waals surface area contributed by atoms with Crippen molar-refractivity contribution in [1.29, 1.82) is 0 Å². The summed E-state index contributed by atoms with van der Waals surface area (Å²) in [6.45, 7) is 1.28. The molecule has 21 heavy (non-hydrogen) atoms. The fourth-order valence-electron chi connectivity index (χ4n) is 2.25. The number of hydrogen-bond donors (Lipinski definition) is 1. The van der Waals surface area contributed by atoms with Crippen molar-refractivity contribution in [1.82, 2.24) is 20.1 Å². The summed E-state index contributed by atoms with van der Waals surface area (Å²) in [7, 11) is 5.20. The second-order valence-corrected chi connectivity index (χ2v) is 5.27. The predicted molar refractivity (Wildman–Crippen MR) is 83.5 cm³/mol. The third-order valence-corrected chi connectivity index (χ3v) is 3.82. The highest BCUT2D eigenvalue weighted by molar-refractivity contribution is 9.10. The van der Waals surface area contributed by atoms with E-state index in [2.05, 4.69) is 31.3 Å². The Bertz CT molecular complexity index is 588. The molecule has 0 radical (unpaired) electrons. The number of nitrogens with zero attached hydrogens (tertiary/aromatic N) is 3. The van der Waals surface area contributed by atoms with E-state index in [4.69, 9.17) is 9.47 Å². The van der Waals surface area contributed by atoms with Crippen LogP contribution >= 0.6 is 15.9 Å². The number of methoxy groups -OCH3 is 2. The maximum Gasteiger partial charge on any atom is 0.218 e. The predicted octanol–water partition coefficient (Wildman–Crippen LogP) is 2.00. The molecule has 0 bridgehead atoms. The van der Waals surface area contributed by atoms with Crippen LogP contribution in [-0.4, -0.2) is 42.6 Å². The van der Waals surface area contributed by atoms with Gasteiger partial charge in [-0.3, -0.25) is 4.68 Å². The molecule has 2 heterocycles. The molecule has 0 saturated carbocycles. The minimum absolute atomic E-state index is 0.0811. The van der Waals surface area contributed by atoms with Gasteiger partial charge in [-0.15, -0.1) is 0 Å². The van der Waals surface area contributed by atoms with E-state index in [1.54, 1.807) is 26.6 Å². The molecule has 0 amide bonds. The summed E-state index contributed by atoms with van der Waals surface area (Å²) in [5, 5.41) is 7.69. The van der Waals surface area contributed by atoms with Gasteiger partial charge in [-0.1, -0.05) is 6.07 Å². The molecule has 0 aromatic carbocycles. The lowest BCUT2D eigenvalue weighted by molar-refractivity contribution is 0.182. The minimum Gasteiger partial charge on any atom is -0.481 e. The molecule has 2 aromatic rings. The molecule has 1 N–H and O–H groups in total. The maximum absolute atomic E-state index is 5.37. The van der Waals surface area contributed by atoms with Crippen LogP contribution in [0.2, 0.25) is 0 Å². The van der Waals surface area contributed by atoms with Gasteiger partial charge < -0.3 is 14.8 Å². The third-order valence-electron chi connectivity index (χ3n) is 3.21. The van der Waals surface area contributed by atoms with Crippen LogP contribution in [0.3, 0.4) is 0 Å². The van der Waals surface area contributed by atoms with Crippen LogP contribution in [-0.2, 0) is 11.3 Å². The van der Waals surface area contributed by atoms with Gasteiger partial charge >= 0.3 is 0 Å². The Hall–Kier alpha value is -1.44. The van der Waals surface area contributed by atoms with Crippen molar-refractivity contribution in [3.05, 3.63) is 40.3 Å². The van der Waals surface area contributed by atoms with Gasteiger partial charge in [0, 0.05) is 18.9 Å². The van der Waals surface area contributed by atoms with Gasteiger partial charge in [0.15, 0.2) is 0 Å². The third kappa shape index (κ3) is 3.42. The molecule has 0 fully saturated rings. The van der Waals surface area contributed by atoms with Crippen LogP contribution in [0.25, 0.3) is 0 Å². The first-order valence-electron chi connectivity index (χ1n) is 6.59.